The molecule has 164 valence electrons. The number of hydrogen-bond donors (Lipinski definition) is 2. The van der Waals surface area contributed by atoms with Crippen molar-refractivity contribution in [1.82, 2.24) is 14.8 Å². The standard InChI is InChI=1S/C21H19N5O4S2/c1-13-6-8-14(9-7-13)22-17(27)10-11-31-20-25-24-19(32-20)23-18(28)12-26-15-4-2-3-5-16(15)30-21(26)29/h2-9H,10-12H2,1H3,(H,22,27)(H,23,24,28). The molecular formula is C21H19N5O4S2. The largest absolute Gasteiger partial charge is 0.420 e. The Morgan fingerprint density at radius 3 is 2.66 bits per heavy atom. The lowest BCUT2D eigenvalue weighted by molar-refractivity contribution is -0.117. The number of hydrogen-bond acceptors (Lipinski definition) is 8. The summed E-state index contributed by atoms with van der Waals surface area (Å²) in [5, 5.41) is 13.8. The van der Waals surface area contributed by atoms with Crippen LogP contribution in [-0.4, -0.2) is 32.3 Å². The predicted molar refractivity (Wildman–Crippen MR) is 124 cm³/mol. The highest BCUT2D eigenvalue weighted by molar-refractivity contribution is 8.01. The lowest BCUT2D eigenvalue weighted by Crippen LogP contribution is -2.24. The Morgan fingerprint density at radius 1 is 1.06 bits per heavy atom. The number of amides is 2. The minimum absolute atomic E-state index is 0.0859. The number of fused-ring (bicyclic) bond motifs is 1. The Morgan fingerprint density at radius 2 is 1.84 bits per heavy atom. The van der Waals surface area contributed by atoms with Crippen LogP contribution in [0.3, 0.4) is 0 Å². The van der Waals surface area contributed by atoms with Crippen molar-refractivity contribution >= 4 is 56.8 Å². The summed E-state index contributed by atoms with van der Waals surface area (Å²) in [5.41, 5.74) is 2.86. The van der Waals surface area contributed by atoms with Gasteiger partial charge in [-0.1, -0.05) is 52.9 Å². The number of anilines is 2. The van der Waals surface area contributed by atoms with Gasteiger partial charge in [0.1, 0.15) is 6.54 Å². The summed E-state index contributed by atoms with van der Waals surface area (Å²) in [6.45, 7) is 1.79. The number of benzene rings is 2. The van der Waals surface area contributed by atoms with Gasteiger partial charge in [0, 0.05) is 17.9 Å². The van der Waals surface area contributed by atoms with Crippen LogP contribution in [0, 0.1) is 6.92 Å². The maximum Gasteiger partial charge on any atom is 0.420 e. The molecule has 2 aromatic carbocycles. The SMILES string of the molecule is Cc1ccc(NC(=O)CCSc2nnc(NC(=O)Cn3c(=O)oc4ccccc43)s2)cc1. The normalized spacial score (nSPS) is 10.9. The number of thioether (sulfide) groups is 1. The number of para-hydroxylation sites is 2. The van der Waals surface area contributed by atoms with Gasteiger partial charge in [0.15, 0.2) is 9.92 Å². The van der Waals surface area contributed by atoms with Gasteiger partial charge in [-0.05, 0) is 31.2 Å². The Bertz CT molecular complexity index is 1310. The molecule has 0 atom stereocenters. The summed E-state index contributed by atoms with van der Waals surface area (Å²) in [6, 6.07) is 14.5. The number of oxazole rings is 1. The molecular weight excluding hydrogens is 450 g/mol. The predicted octanol–water partition coefficient (Wildman–Crippen LogP) is 3.51. The van der Waals surface area contributed by atoms with E-state index in [1.807, 2.05) is 31.2 Å². The van der Waals surface area contributed by atoms with E-state index in [9.17, 15) is 14.4 Å². The minimum atomic E-state index is -0.598. The molecule has 0 saturated carbocycles. The summed E-state index contributed by atoms with van der Waals surface area (Å²) in [5.74, 6) is -0.573. The molecule has 0 saturated heterocycles. The zero-order valence-electron chi connectivity index (χ0n) is 17.0. The highest BCUT2D eigenvalue weighted by Gasteiger charge is 2.14. The van der Waals surface area contributed by atoms with Crippen LogP contribution in [0.2, 0.25) is 0 Å². The van der Waals surface area contributed by atoms with Crippen molar-refractivity contribution in [1.29, 1.82) is 0 Å². The fraction of sp³-hybridized carbons (Fsp3) is 0.190. The van der Waals surface area contributed by atoms with Crippen LogP contribution in [-0.2, 0) is 16.1 Å². The second-order valence-electron chi connectivity index (χ2n) is 6.86. The Labute approximate surface area is 190 Å². The molecule has 11 heteroatoms. The first-order chi connectivity index (χ1) is 15.5. The summed E-state index contributed by atoms with van der Waals surface area (Å²) in [6.07, 6.45) is 0.316. The topological polar surface area (TPSA) is 119 Å². The summed E-state index contributed by atoms with van der Waals surface area (Å²) in [4.78, 5) is 36.4. The van der Waals surface area contributed by atoms with Crippen molar-refractivity contribution in [3.8, 4) is 0 Å². The van der Waals surface area contributed by atoms with Gasteiger partial charge in [-0.15, -0.1) is 10.2 Å². The van der Waals surface area contributed by atoms with Crippen molar-refractivity contribution in [2.45, 2.75) is 24.2 Å². The number of rotatable bonds is 8. The van der Waals surface area contributed by atoms with Gasteiger partial charge in [0.2, 0.25) is 16.9 Å². The average molecular weight is 470 g/mol. The zero-order chi connectivity index (χ0) is 22.5. The molecule has 2 aromatic heterocycles. The molecule has 2 N–H and O–H groups in total. The molecule has 0 bridgehead atoms. The summed E-state index contributed by atoms with van der Waals surface area (Å²) < 4.78 is 7.02. The molecule has 0 aliphatic rings. The molecule has 2 heterocycles. The van der Waals surface area contributed by atoms with Crippen molar-refractivity contribution in [3.63, 3.8) is 0 Å². The van der Waals surface area contributed by atoms with Gasteiger partial charge >= 0.3 is 5.76 Å². The number of carbonyl (C=O) groups is 2. The Kier molecular flexibility index (Phi) is 6.66. The zero-order valence-corrected chi connectivity index (χ0v) is 18.7. The molecule has 0 aliphatic heterocycles. The average Bonchev–Trinajstić information content (AvgIpc) is 3.33. The van der Waals surface area contributed by atoms with Crippen molar-refractivity contribution in [3.05, 3.63) is 64.6 Å². The summed E-state index contributed by atoms with van der Waals surface area (Å²) in [7, 11) is 0. The molecule has 0 aliphatic carbocycles. The second-order valence-corrected chi connectivity index (χ2v) is 9.18. The van der Waals surface area contributed by atoms with Gasteiger partial charge in [0.25, 0.3) is 0 Å². The highest BCUT2D eigenvalue weighted by Crippen LogP contribution is 2.26. The van der Waals surface area contributed by atoms with Gasteiger partial charge < -0.3 is 9.73 Å². The molecule has 0 radical (unpaired) electrons. The summed E-state index contributed by atoms with van der Waals surface area (Å²) >= 11 is 2.59. The van der Waals surface area contributed by atoms with E-state index < -0.39 is 11.7 Å². The quantitative estimate of drug-likeness (QED) is 0.299. The minimum Gasteiger partial charge on any atom is -0.408 e. The fourth-order valence-electron chi connectivity index (χ4n) is 2.88. The van der Waals surface area contributed by atoms with E-state index in [2.05, 4.69) is 20.8 Å². The van der Waals surface area contributed by atoms with E-state index in [1.165, 1.54) is 27.7 Å². The Balaban J connectivity index is 1.26. The van der Waals surface area contributed by atoms with Crippen LogP contribution in [0.1, 0.15) is 12.0 Å². The van der Waals surface area contributed by atoms with Crippen LogP contribution >= 0.6 is 23.1 Å². The molecule has 0 fully saturated rings. The second kappa shape index (κ2) is 9.79. The lowest BCUT2D eigenvalue weighted by atomic mass is 10.2. The molecule has 9 nitrogen and oxygen atoms in total. The van der Waals surface area contributed by atoms with E-state index in [-0.39, 0.29) is 12.5 Å². The van der Waals surface area contributed by atoms with Crippen LogP contribution in [0.4, 0.5) is 10.8 Å². The van der Waals surface area contributed by atoms with Crippen molar-refractivity contribution in [2.24, 2.45) is 0 Å². The van der Waals surface area contributed by atoms with E-state index >= 15 is 0 Å². The maximum atomic E-state index is 12.3. The molecule has 0 unspecified atom stereocenters. The van der Waals surface area contributed by atoms with Gasteiger partial charge in [-0.3, -0.25) is 19.5 Å². The monoisotopic (exact) mass is 469 g/mol. The molecule has 0 spiro atoms. The Hall–Kier alpha value is -3.44. The smallest absolute Gasteiger partial charge is 0.408 e. The van der Waals surface area contributed by atoms with Gasteiger partial charge in [0.05, 0.1) is 5.52 Å². The first kappa shape index (κ1) is 21.8. The first-order valence-corrected chi connectivity index (χ1v) is 11.5. The van der Waals surface area contributed by atoms with Gasteiger partial charge in [-0.25, -0.2) is 4.79 Å². The van der Waals surface area contributed by atoms with Crippen molar-refractivity contribution < 1.29 is 14.0 Å². The van der Waals surface area contributed by atoms with Crippen LogP contribution in [0.25, 0.3) is 11.1 Å². The van der Waals surface area contributed by atoms with Crippen molar-refractivity contribution in [2.75, 3.05) is 16.4 Å². The first-order valence-electron chi connectivity index (χ1n) is 9.69. The van der Waals surface area contributed by atoms with E-state index in [1.54, 1.807) is 24.3 Å². The maximum absolute atomic E-state index is 12.3. The molecule has 4 aromatic rings. The van der Waals surface area contributed by atoms with Crippen LogP contribution in [0.5, 0.6) is 0 Å². The number of carbonyl (C=O) groups excluding carboxylic acids is 2. The number of aromatic nitrogens is 3. The van der Waals surface area contributed by atoms with E-state index in [0.29, 0.717) is 32.7 Å². The highest BCUT2D eigenvalue weighted by atomic mass is 32.2. The number of aryl methyl sites for hydroxylation is 1. The van der Waals surface area contributed by atoms with Crippen LogP contribution in [0.15, 0.2) is 62.1 Å². The third-order valence-corrected chi connectivity index (χ3v) is 6.39. The molecule has 32 heavy (non-hydrogen) atoms. The molecule has 2 amide bonds. The third-order valence-electron chi connectivity index (χ3n) is 4.42. The van der Waals surface area contributed by atoms with E-state index in [4.69, 9.17) is 4.42 Å². The lowest BCUT2D eigenvalue weighted by Gasteiger charge is -2.04. The number of nitrogens with zero attached hydrogens (tertiary/aromatic N) is 3. The van der Waals surface area contributed by atoms with E-state index in [0.717, 1.165) is 11.3 Å². The van der Waals surface area contributed by atoms with Gasteiger partial charge in [-0.2, -0.15) is 0 Å². The molecule has 4 rings (SSSR count). The van der Waals surface area contributed by atoms with Crippen LogP contribution < -0.4 is 16.4 Å². The number of nitrogens with one attached hydrogen (secondary N) is 2. The third kappa shape index (κ3) is 5.42. The fourth-order valence-corrected chi connectivity index (χ4v) is 4.65.